The van der Waals surface area contributed by atoms with Crippen molar-refractivity contribution in [1.29, 1.82) is 0 Å². The highest BCUT2D eigenvalue weighted by molar-refractivity contribution is 5.86. The molecule has 1 aromatic carbocycles. The Morgan fingerprint density at radius 2 is 1.94 bits per heavy atom. The van der Waals surface area contributed by atoms with Crippen molar-refractivity contribution in [3.05, 3.63) is 24.3 Å². The van der Waals surface area contributed by atoms with E-state index in [1.165, 1.54) is 6.07 Å². The molecule has 0 unspecified atom stereocenters. The maximum atomic E-state index is 12.2. The highest BCUT2D eigenvalue weighted by Gasteiger charge is 2.19. The largest absolute Gasteiger partial charge is 0.433 e. The van der Waals surface area contributed by atoms with Gasteiger partial charge in [-0.05, 0) is 25.0 Å². The van der Waals surface area contributed by atoms with Gasteiger partial charge in [0.15, 0.2) is 5.75 Å². The van der Waals surface area contributed by atoms with Gasteiger partial charge in [-0.2, -0.15) is 8.78 Å². The van der Waals surface area contributed by atoms with E-state index in [4.69, 9.17) is 5.73 Å². The first-order valence-corrected chi connectivity index (χ1v) is 6.04. The molecule has 0 radical (unpaired) electrons. The number of alkyl halides is 2. The lowest BCUT2D eigenvalue weighted by Gasteiger charge is -2.11. The van der Waals surface area contributed by atoms with Crippen molar-refractivity contribution in [1.82, 2.24) is 0 Å². The van der Waals surface area contributed by atoms with E-state index < -0.39 is 6.61 Å². The first-order valence-electron chi connectivity index (χ1n) is 6.04. The van der Waals surface area contributed by atoms with Crippen LogP contribution in [0, 0.1) is 5.92 Å². The molecule has 0 atom stereocenters. The van der Waals surface area contributed by atoms with Crippen molar-refractivity contribution in [2.75, 3.05) is 0 Å². The molecule has 1 saturated carbocycles. The third-order valence-corrected chi connectivity index (χ3v) is 3.10. The second-order valence-corrected chi connectivity index (χ2v) is 4.36. The van der Waals surface area contributed by atoms with Gasteiger partial charge in [0.05, 0.1) is 0 Å². The molecule has 18 heavy (non-hydrogen) atoms. The molecule has 3 nitrogen and oxygen atoms in total. The molecule has 0 bridgehead atoms. The number of nitrogens with zero attached hydrogens (tertiary/aromatic N) is 1. The molecule has 0 spiro atoms. The second kappa shape index (κ2) is 5.80. The number of ether oxygens (including phenoxy) is 1. The van der Waals surface area contributed by atoms with E-state index in [1.807, 2.05) is 0 Å². The number of amidine groups is 1. The van der Waals surface area contributed by atoms with Gasteiger partial charge < -0.3 is 10.5 Å². The lowest BCUT2D eigenvalue weighted by molar-refractivity contribution is -0.0494. The summed E-state index contributed by atoms with van der Waals surface area (Å²) in [5, 5.41) is 0. The van der Waals surface area contributed by atoms with E-state index in [1.54, 1.807) is 18.2 Å². The summed E-state index contributed by atoms with van der Waals surface area (Å²) in [5.74, 6) is 0.843. The van der Waals surface area contributed by atoms with Crippen LogP contribution < -0.4 is 10.5 Å². The fourth-order valence-electron chi connectivity index (χ4n) is 2.20. The lowest BCUT2D eigenvalue weighted by atomic mass is 10.1. The number of hydrogen-bond acceptors (Lipinski definition) is 2. The molecule has 0 aromatic heterocycles. The molecule has 2 N–H and O–H groups in total. The van der Waals surface area contributed by atoms with Crippen LogP contribution in [0.4, 0.5) is 14.5 Å². The van der Waals surface area contributed by atoms with Crippen molar-refractivity contribution in [2.45, 2.75) is 32.3 Å². The van der Waals surface area contributed by atoms with Gasteiger partial charge in [-0.15, -0.1) is 0 Å². The quantitative estimate of drug-likeness (QED) is 0.660. The molecule has 1 fully saturated rings. The van der Waals surface area contributed by atoms with E-state index >= 15 is 0 Å². The zero-order chi connectivity index (χ0) is 13.0. The van der Waals surface area contributed by atoms with Crippen LogP contribution in [0.1, 0.15) is 25.7 Å². The van der Waals surface area contributed by atoms with E-state index in [-0.39, 0.29) is 11.7 Å². The van der Waals surface area contributed by atoms with Crippen molar-refractivity contribution in [3.8, 4) is 5.75 Å². The molecule has 1 aromatic rings. The predicted molar refractivity (Wildman–Crippen MR) is 66.3 cm³/mol. The Labute approximate surface area is 105 Å². The Kier molecular flexibility index (Phi) is 4.12. The van der Waals surface area contributed by atoms with Crippen LogP contribution >= 0.6 is 0 Å². The SMILES string of the molecule is NC(=Nc1ccccc1OC(F)F)C1CCCC1. The van der Waals surface area contributed by atoms with Crippen LogP contribution in [0.25, 0.3) is 0 Å². The van der Waals surface area contributed by atoms with Crippen molar-refractivity contribution in [3.63, 3.8) is 0 Å². The van der Waals surface area contributed by atoms with Gasteiger partial charge in [-0.1, -0.05) is 25.0 Å². The first kappa shape index (κ1) is 12.8. The van der Waals surface area contributed by atoms with Gasteiger partial charge in [0, 0.05) is 5.92 Å². The normalized spacial score (nSPS) is 17.4. The molecule has 0 aliphatic heterocycles. The molecule has 2 rings (SSSR count). The first-order chi connectivity index (χ1) is 8.66. The zero-order valence-electron chi connectivity index (χ0n) is 9.98. The minimum absolute atomic E-state index is 0.0634. The smallest absolute Gasteiger partial charge is 0.387 e. The van der Waals surface area contributed by atoms with Crippen LogP contribution in [0.5, 0.6) is 5.75 Å². The maximum absolute atomic E-state index is 12.2. The van der Waals surface area contributed by atoms with Crippen LogP contribution in [0.15, 0.2) is 29.3 Å². The van der Waals surface area contributed by atoms with Gasteiger partial charge in [0.25, 0.3) is 0 Å². The topological polar surface area (TPSA) is 47.6 Å². The number of halogens is 2. The zero-order valence-corrected chi connectivity index (χ0v) is 9.98. The van der Waals surface area contributed by atoms with E-state index in [0.717, 1.165) is 25.7 Å². The standard InChI is InChI=1S/C13H16F2N2O/c14-13(15)18-11-8-4-3-7-10(11)17-12(16)9-5-1-2-6-9/h3-4,7-9,13H,1-2,5-6H2,(H2,16,17). The summed E-state index contributed by atoms with van der Waals surface area (Å²) < 4.78 is 28.9. The molecular formula is C13H16F2N2O. The number of aliphatic imine (C=N–C) groups is 1. The second-order valence-electron chi connectivity index (χ2n) is 4.36. The monoisotopic (exact) mass is 254 g/mol. The fraction of sp³-hybridized carbons (Fsp3) is 0.462. The predicted octanol–water partition coefficient (Wildman–Crippen LogP) is 3.47. The van der Waals surface area contributed by atoms with Crippen LogP contribution in [0.2, 0.25) is 0 Å². The number of para-hydroxylation sites is 2. The molecule has 5 heteroatoms. The summed E-state index contributed by atoms with van der Waals surface area (Å²) in [6, 6.07) is 6.44. The van der Waals surface area contributed by atoms with Gasteiger partial charge in [0.2, 0.25) is 0 Å². The number of benzene rings is 1. The lowest BCUT2D eigenvalue weighted by Crippen LogP contribution is -2.20. The average Bonchev–Trinajstić information content (AvgIpc) is 2.84. The van der Waals surface area contributed by atoms with Gasteiger partial charge in [-0.25, -0.2) is 4.99 Å². The summed E-state index contributed by atoms with van der Waals surface area (Å²) in [6.07, 6.45) is 4.34. The van der Waals surface area contributed by atoms with Gasteiger partial charge in [-0.3, -0.25) is 0 Å². The molecule has 1 aliphatic carbocycles. The molecule has 0 amide bonds. The minimum atomic E-state index is -2.85. The third-order valence-electron chi connectivity index (χ3n) is 3.10. The average molecular weight is 254 g/mol. The summed E-state index contributed by atoms with van der Waals surface area (Å²) in [7, 11) is 0. The number of hydrogen-bond donors (Lipinski definition) is 1. The Hall–Kier alpha value is -1.65. The van der Waals surface area contributed by atoms with E-state index in [9.17, 15) is 8.78 Å². The highest BCUT2D eigenvalue weighted by atomic mass is 19.3. The van der Waals surface area contributed by atoms with E-state index in [0.29, 0.717) is 11.5 Å². The van der Waals surface area contributed by atoms with Crippen LogP contribution in [-0.2, 0) is 0 Å². The number of nitrogens with two attached hydrogens (primary N) is 1. The summed E-state index contributed by atoms with van der Waals surface area (Å²) in [6.45, 7) is -2.85. The molecular weight excluding hydrogens is 238 g/mol. The fourth-order valence-corrected chi connectivity index (χ4v) is 2.20. The van der Waals surface area contributed by atoms with Gasteiger partial charge in [0.1, 0.15) is 11.5 Å². The minimum Gasteiger partial charge on any atom is -0.433 e. The molecule has 1 aliphatic rings. The van der Waals surface area contributed by atoms with Crippen LogP contribution in [0.3, 0.4) is 0 Å². The molecule has 98 valence electrons. The number of rotatable bonds is 4. The van der Waals surface area contributed by atoms with Crippen LogP contribution in [-0.4, -0.2) is 12.4 Å². The molecule has 0 heterocycles. The van der Waals surface area contributed by atoms with Gasteiger partial charge >= 0.3 is 6.61 Å². The third kappa shape index (κ3) is 3.18. The highest BCUT2D eigenvalue weighted by Crippen LogP contribution is 2.31. The van der Waals surface area contributed by atoms with Crippen molar-refractivity contribution >= 4 is 11.5 Å². The Balaban J connectivity index is 2.19. The summed E-state index contributed by atoms with van der Waals surface area (Å²) in [4.78, 5) is 4.23. The Morgan fingerprint density at radius 3 is 2.61 bits per heavy atom. The molecule has 0 saturated heterocycles. The maximum Gasteiger partial charge on any atom is 0.387 e. The van der Waals surface area contributed by atoms with Crippen molar-refractivity contribution in [2.24, 2.45) is 16.6 Å². The Bertz CT molecular complexity index is 429. The van der Waals surface area contributed by atoms with E-state index in [2.05, 4.69) is 9.73 Å². The summed E-state index contributed by atoms with van der Waals surface area (Å²) in [5.41, 5.74) is 6.28. The summed E-state index contributed by atoms with van der Waals surface area (Å²) >= 11 is 0. The van der Waals surface area contributed by atoms with Crippen molar-refractivity contribution < 1.29 is 13.5 Å². The Morgan fingerprint density at radius 1 is 1.28 bits per heavy atom.